The van der Waals surface area contributed by atoms with Gasteiger partial charge in [-0.2, -0.15) is 10.5 Å². The summed E-state index contributed by atoms with van der Waals surface area (Å²) in [5.74, 6) is 2.60. The number of rotatable bonds is 20. The number of aryl methyl sites for hydroxylation is 3. The van der Waals surface area contributed by atoms with Crippen LogP contribution in [-0.4, -0.2) is 0 Å². The van der Waals surface area contributed by atoms with Gasteiger partial charge in [0.15, 0.2) is 0 Å². The minimum atomic E-state index is 0.397. The third-order valence-corrected chi connectivity index (χ3v) is 18.8. The van der Waals surface area contributed by atoms with Gasteiger partial charge in [0.25, 0.3) is 0 Å². The fourth-order valence-electron chi connectivity index (χ4n) is 7.72. The maximum Gasteiger partial charge on any atom is 0.108 e. The second kappa shape index (κ2) is 21.1. The van der Waals surface area contributed by atoms with Crippen LogP contribution < -0.4 is 0 Å². The standard InChI is InChI=1S/C50H54N2S6/c1-8-15-19-34-30-46(49-36(14-7)35(13-6)39(55-49)22-18-27-51)58-48(34)43-26-24-41(54-43)40-23-25-42(53-40)47-33(12-5)29-45(57-47)50-38(21-17-10-3)37(20-16-9-2)44(56-50)28-32(11-4)31-52/h4,23-26,28-30H,8-10,12-22H2,1-3,5-7H3/b32-28+. The molecule has 8 heteroatoms. The van der Waals surface area contributed by atoms with Crippen molar-refractivity contribution in [2.45, 2.75) is 131 Å². The molecule has 6 heterocycles. The predicted octanol–water partition coefficient (Wildman–Crippen LogP) is 17.1. The fraction of sp³-hybridized carbons (Fsp3) is 0.400. The summed E-state index contributed by atoms with van der Waals surface area (Å²) in [6, 6.07) is 18.9. The Labute approximate surface area is 371 Å². The van der Waals surface area contributed by atoms with Crippen LogP contribution in [0.15, 0.2) is 42.0 Å². The highest BCUT2D eigenvalue weighted by atomic mass is 32.1. The number of allylic oxidation sites excluding steroid dienone is 1. The van der Waals surface area contributed by atoms with Gasteiger partial charge < -0.3 is 0 Å². The van der Waals surface area contributed by atoms with Crippen LogP contribution in [0.2, 0.25) is 0 Å². The number of thiophene rings is 6. The third-order valence-electron chi connectivity index (χ3n) is 10.8. The molecule has 0 saturated heterocycles. The van der Waals surface area contributed by atoms with Crippen LogP contribution in [0.1, 0.15) is 130 Å². The molecule has 0 N–H and O–H groups in total. The lowest BCUT2D eigenvalue weighted by Gasteiger charge is -2.07. The molecule has 0 aromatic carbocycles. The molecule has 6 aromatic rings. The Morgan fingerprint density at radius 3 is 1.66 bits per heavy atom. The molecule has 0 saturated carbocycles. The maximum atomic E-state index is 9.71. The van der Waals surface area contributed by atoms with Gasteiger partial charge in [-0.15, -0.1) is 74.4 Å². The highest BCUT2D eigenvalue weighted by molar-refractivity contribution is 7.30. The Kier molecular flexibility index (Phi) is 16.0. The van der Waals surface area contributed by atoms with Crippen molar-refractivity contribution >= 4 is 74.1 Å². The molecular weight excluding hydrogens is 821 g/mol. The zero-order chi connectivity index (χ0) is 41.2. The molecule has 6 rings (SSSR count). The summed E-state index contributed by atoms with van der Waals surface area (Å²) in [4.78, 5) is 16.2. The van der Waals surface area contributed by atoms with Gasteiger partial charge in [0.2, 0.25) is 0 Å². The fourth-order valence-corrected chi connectivity index (χ4v) is 15.7. The smallest absolute Gasteiger partial charge is 0.108 e. The van der Waals surface area contributed by atoms with E-state index >= 15 is 0 Å². The van der Waals surface area contributed by atoms with Gasteiger partial charge in [-0.25, -0.2) is 0 Å². The van der Waals surface area contributed by atoms with E-state index in [1.807, 2.05) is 74.1 Å². The van der Waals surface area contributed by atoms with E-state index in [1.165, 1.54) is 99.9 Å². The zero-order valence-corrected chi connectivity index (χ0v) is 39.8. The van der Waals surface area contributed by atoms with E-state index in [1.54, 1.807) is 0 Å². The summed E-state index contributed by atoms with van der Waals surface area (Å²) in [5.41, 5.74) is 9.07. The molecule has 58 heavy (non-hydrogen) atoms. The van der Waals surface area contributed by atoms with Gasteiger partial charge in [-0.3, -0.25) is 0 Å². The summed E-state index contributed by atoms with van der Waals surface area (Å²) in [5, 5.41) is 19.1. The first-order valence-corrected chi connectivity index (χ1v) is 26.0. The SMILES string of the molecule is C#C/C(C#N)=C\c1sc(-c2cc(CC)c(-c3ccc(-c4ccc(-c5sc(-c6sc(CCC#N)c(CC)c6CC)cc5CCCC)s4)s3)s2)c(CCCC)c1CCCC. The van der Waals surface area contributed by atoms with Gasteiger partial charge in [0.05, 0.1) is 6.07 Å². The van der Waals surface area contributed by atoms with Gasteiger partial charge in [-0.1, -0.05) is 66.7 Å². The molecule has 0 atom stereocenters. The number of nitriles is 2. The normalized spacial score (nSPS) is 11.6. The van der Waals surface area contributed by atoms with Crippen molar-refractivity contribution < 1.29 is 0 Å². The molecule has 0 amide bonds. The van der Waals surface area contributed by atoms with Crippen molar-refractivity contribution in [3.05, 3.63) is 85.1 Å². The summed E-state index contributed by atoms with van der Waals surface area (Å²) < 4.78 is 0. The van der Waals surface area contributed by atoms with Crippen LogP contribution in [0.25, 0.3) is 54.8 Å². The van der Waals surface area contributed by atoms with E-state index in [-0.39, 0.29) is 0 Å². The number of hydrogen-bond acceptors (Lipinski definition) is 8. The van der Waals surface area contributed by atoms with E-state index in [0.717, 1.165) is 75.5 Å². The molecular formula is C50H54N2S6. The second-order valence-electron chi connectivity index (χ2n) is 14.7. The maximum absolute atomic E-state index is 9.71. The van der Waals surface area contributed by atoms with Crippen LogP contribution in [0.4, 0.5) is 0 Å². The monoisotopic (exact) mass is 874 g/mol. The highest BCUT2D eigenvalue weighted by Gasteiger charge is 2.24. The van der Waals surface area contributed by atoms with Gasteiger partial charge in [-0.05, 0) is 140 Å². The minimum Gasteiger partial charge on any atom is -0.198 e. The number of terminal acetylenes is 1. The molecule has 2 nitrogen and oxygen atoms in total. The van der Waals surface area contributed by atoms with E-state index < -0.39 is 0 Å². The van der Waals surface area contributed by atoms with Gasteiger partial charge in [0, 0.05) is 64.9 Å². The highest BCUT2D eigenvalue weighted by Crippen LogP contribution is 2.51. The summed E-state index contributed by atoms with van der Waals surface area (Å²) in [6.07, 6.45) is 22.2. The minimum absolute atomic E-state index is 0.397. The molecule has 0 bridgehead atoms. The van der Waals surface area contributed by atoms with Crippen LogP contribution >= 0.6 is 68.0 Å². The van der Waals surface area contributed by atoms with Crippen LogP contribution in [-0.2, 0) is 44.9 Å². The topological polar surface area (TPSA) is 47.6 Å². The molecule has 0 aliphatic heterocycles. The van der Waals surface area contributed by atoms with Crippen molar-refractivity contribution in [3.8, 4) is 73.3 Å². The Morgan fingerprint density at radius 1 is 0.552 bits per heavy atom. The first-order valence-electron chi connectivity index (χ1n) is 21.1. The van der Waals surface area contributed by atoms with Crippen LogP contribution in [0.3, 0.4) is 0 Å². The van der Waals surface area contributed by atoms with Crippen molar-refractivity contribution in [1.82, 2.24) is 0 Å². The van der Waals surface area contributed by atoms with E-state index in [0.29, 0.717) is 12.0 Å². The van der Waals surface area contributed by atoms with E-state index in [2.05, 4.69) is 96.0 Å². The average molecular weight is 875 g/mol. The lowest BCUT2D eigenvalue weighted by atomic mass is 9.97. The predicted molar refractivity (Wildman–Crippen MR) is 261 cm³/mol. The largest absolute Gasteiger partial charge is 0.198 e. The van der Waals surface area contributed by atoms with Crippen molar-refractivity contribution in [1.29, 1.82) is 10.5 Å². The summed E-state index contributed by atoms with van der Waals surface area (Å²) in [7, 11) is 0. The lowest BCUT2D eigenvalue weighted by molar-refractivity contribution is 0.762. The number of hydrogen-bond donors (Lipinski definition) is 0. The number of nitrogens with zero attached hydrogens (tertiary/aromatic N) is 2. The van der Waals surface area contributed by atoms with Crippen LogP contribution in [0, 0.1) is 35.0 Å². The Balaban J connectivity index is 1.35. The molecule has 0 spiro atoms. The molecule has 0 fully saturated rings. The first-order chi connectivity index (χ1) is 28.4. The molecule has 300 valence electrons. The van der Waals surface area contributed by atoms with E-state index in [9.17, 15) is 10.5 Å². The van der Waals surface area contributed by atoms with Gasteiger partial charge in [0.1, 0.15) is 11.6 Å². The Hall–Kier alpha value is -3.52. The zero-order valence-electron chi connectivity index (χ0n) is 34.9. The average Bonchev–Trinajstić information content (AvgIpc) is 4.10. The van der Waals surface area contributed by atoms with Crippen molar-refractivity contribution in [2.24, 2.45) is 0 Å². The lowest BCUT2D eigenvalue weighted by Crippen LogP contribution is -1.94. The van der Waals surface area contributed by atoms with Crippen LogP contribution in [0.5, 0.6) is 0 Å². The van der Waals surface area contributed by atoms with Gasteiger partial charge >= 0.3 is 0 Å². The summed E-state index contributed by atoms with van der Waals surface area (Å²) in [6.45, 7) is 13.6. The molecule has 0 radical (unpaired) electrons. The van der Waals surface area contributed by atoms with Crippen molar-refractivity contribution in [2.75, 3.05) is 0 Å². The van der Waals surface area contributed by atoms with E-state index in [4.69, 9.17) is 6.42 Å². The quantitative estimate of drug-likeness (QED) is 0.0567. The molecule has 0 unspecified atom stereocenters. The second-order valence-corrected chi connectivity index (χ2v) is 21.1. The molecule has 6 aromatic heterocycles. The summed E-state index contributed by atoms with van der Waals surface area (Å²) >= 11 is 11.5. The Morgan fingerprint density at radius 2 is 1.10 bits per heavy atom. The number of unbranched alkanes of at least 4 members (excludes halogenated alkanes) is 3. The third kappa shape index (κ3) is 9.58. The first kappa shape index (κ1) is 44.0. The molecule has 0 aliphatic carbocycles. The van der Waals surface area contributed by atoms with Crippen molar-refractivity contribution in [3.63, 3.8) is 0 Å². The molecule has 0 aliphatic rings. The Bertz CT molecular complexity index is 2460.